The Morgan fingerprint density at radius 3 is 2.35 bits per heavy atom. The van der Waals surface area contributed by atoms with E-state index in [1.165, 1.54) is 19.2 Å². The summed E-state index contributed by atoms with van der Waals surface area (Å²) in [7, 11) is 1.52. The largest absolute Gasteiger partial charge is 0.497 e. The van der Waals surface area contributed by atoms with Crippen LogP contribution in [0, 0.1) is 22.5 Å². The molecule has 0 bridgehead atoms. The molecule has 2 aliphatic rings. The summed E-state index contributed by atoms with van der Waals surface area (Å²) in [6.45, 7) is 6.40. The lowest BCUT2D eigenvalue weighted by molar-refractivity contribution is -0.137. The van der Waals surface area contributed by atoms with Crippen LogP contribution >= 0.6 is 0 Å². The highest BCUT2D eigenvalue weighted by Crippen LogP contribution is 2.57. The molecule has 3 aromatic carbocycles. The Labute approximate surface area is 234 Å². The van der Waals surface area contributed by atoms with Gasteiger partial charge in [-0.1, -0.05) is 39.0 Å². The summed E-state index contributed by atoms with van der Waals surface area (Å²) in [6, 6.07) is 15.1. The van der Waals surface area contributed by atoms with E-state index in [0.717, 1.165) is 42.4 Å². The van der Waals surface area contributed by atoms with Crippen molar-refractivity contribution in [2.24, 2.45) is 10.8 Å². The number of ether oxygens (including phenoxy) is 2. The minimum atomic E-state index is -0.823. The van der Waals surface area contributed by atoms with Crippen LogP contribution in [-0.2, 0) is 11.4 Å². The minimum Gasteiger partial charge on any atom is -0.497 e. The molecule has 1 saturated carbocycles. The monoisotopic (exact) mass is 546 g/mol. The topological polar surface area (TPSA) is 55.8 Å². The summed E-state index contributed by atoms with van der Waals surface area (Å²) in [5.74, 6) is -0.805. The molecule has 3 aromatic rings. The number of methoxy groups -OCH3 is 1. The average Bonchev–Trinajstić information content (AvgIpc) is 3.57. The maximum atomic E-state index is 15.6. The van der Waals surface area contributed by atoms with Crippen LogP contribution in [0.2, 0.25) is 0 Å². The molecule has 0 amide bonds. The summed E-state index contributed by atoms with van der Waals surface area (Å²) in [4.78, 5) is 11.6. The van der Waals surface area contributed by atoms with Gasteiger partial charge in [0.2, 0.25) is 0 Å². The van der Waals surface area contributed by atoms with Crippen molar-refractivity contribution in [2.75, 3.05) is 7.11 Å². The fourth-order valence-corrected chi connectivity index (χ4v) is 5.94. The Hall–Kier alpha value is -3.67. The lowest BCUT2D eigenvalue weighted by atomic mass is 9.79. The van der Waals surface area contributed by atoms with Gasteiger partial charge in [0.25, 0.3) is 0 Å². The molecule has 0 aromatic heterocycles. The third-order valence-electron chi connectivity index (χ3n) is 8.70. The summed E-state index contributed by atoms with van der Waals surface area (Å²) in [6.07, 6.45) is 6.06. The van der Waals surface area contributed by atoms with E-state index in [-0.39, 0.29) is 35.3 Å². The van der Waals surface area contributed by atoms with Gasteiger partial charge in [0, 0.05) is 11.1 Å². The maximum Gasteiger partial charge on any atom is 0.303 e. The molecule has 1 N–H and O–H groups in total. The number of aliphatic carboxylic acids is 1. The molecular weight excluding hydrogens is 510 g/mol. The van der Waals surface area contributed by atoms with Gasteiger partial charge in [-0.05, 0) is 107 Å². The Morgan fingerprint density at radius 2 is 1.70 bits per heavy atom. The Bertz CT molecular complexity index is 1470. The molecule has 1 atom stereocenters. The van der Waals surface area contributed by atoms with Crippen molar-refractivity contribution in [3.8, 4) is 22.6 Å². The summed E-state index contributed by atoms with van der Waals surface area (Å²) >= 11 is 0. The van der Waals surface area contributed by atoms with E-state index in [9.17, 15) is 9.90 Å². The maximum absolute atomic E-state index is 15.6. The summed E-state index contributed by atoms with van der Waals surface area (Å²) in [5.41, 5.74) is 3.73. The molecular formula is C34H36F2O4. The molecule has 0 saturated heterocycles. The van der Waals surface area contributed by atoms with Gasteiger partial charge in [0.05, 0.1) is 13.5 Å². The number of halogens is 2. The zero-order valence-corrected chi connectivity index (χ0v) is 23.5. The molecule has 210 valence electrons. The molecule has 5 rings (SSSR count). The SMILES string of the molecule is COc1ccc(F)c(-c2cc(F)c(COc3cccc([C@@H](CC(=O)O)C4(C)CC4)c3)cc2C2=CCCC2(C)C)c1. The highest BCUT2D eigenvalue weighted by atomic mass is 19.1. The van der Waals surface area contributed by atoms with Gasteiger partial charge in [-0.2, -0.15) is 0 Å². The van der Waals surface area contributed by atoms with Crippen molar-refractivity contribution in [3.63, 3.8) is 0 Å². The molecule has 0 unspecified atom stereocenters. The summed E-state index contributed by atoms with van der Waals surface area (Å²) < 4.78 is 42.1. The molecule has 2 aliphatic carbocycles. The van der Waals surface area contributed by atoms with Crippen molar-refractivity contribution in [3.05, 3.63) is 89.0 Å². The fraction of sp³-hybridized carbons (Fsp3) is 0.382. The van der Waals surface area contributed by atoms with Crippen molar-refractivity contribution < 1.29 is 28.2 Å². The molecule has 0 heterocycles. The van der Waals surface area contributed by atoms with E-state index in [0.29, 0.717) is 22.6 Å². The van der Waals surface area contributed by atoms with E-state index in [4.69, 9.17) is 9.47 Å². The molecule has 6 heteroatoms. The third-order valence-corrected chi connectivity index (χ3v) is 8.70. The first-order chi connectivity index (χ1) is 19.0. The van der Waals surface area contributed by atoms with Crippen LogP contribution in [0.25, 0.3) is 16.7 Å². The number of carboxylic acid groups (broad SMARTS) is 1. The second-order valence-corrected chi connectivity index (χ2v) is 12.0. The van der Waals surface area contributed by atoms with Gasteiger partial charge >= 0.3 is 5.97 Å². The smallest absolute Gasteiger partial charge is 0.303 e. The number of carbonyl (C=O) groups is 1. The standard InChI is InChI=1S/C34H36F2O4/c1-33(2)12-6-9-28(33)26-16-22(31(36)18-25(26)27-17-23(39-4)10-11-30(27)35)20-40-24-8-5-7-21(15-24)29(19-32(37)38)34(3)13-14-34/h5,7-11,15-18,29H,6,12-14,19-20H2,1-4H3,(H,37,38)/t29-/m1/s1. The molecule has 0 spiro atoms. The lowest BCUT2D eigenvalue weighted by Gasteiger charge is -2.26. The Kier molecular flexibility index (Phi) is 7.47. The van der Waals surface area contributed by atoms with Crippen LogP contribution in [0.4, 0.5) is 8.78 Å². The van der Waals surface area contributed by atoms with E-state index < -0.39 is 17.6 Å². The quantitative estimate of drug-likeness (QED) is 0.276. The predicted octanol–water partition coefficient (Wildman–Crippen LogP) is 8.78. The predicted molar refractivity (Wildman–Crippen MR) is 152 cm³/mol. The first kappa shape index (κ1) is 27.9. The second kappa shape index (κ2) is 10.7. The van der Waals surface area contributed by atoms with Crippen molar-refractivity contribution >= 4 is 11.5 Å². The minimum absolute atomic E-state index is 0.0161. The molecule has 0 aliphatic heterocycles. The van der Waals surface area contributed by atoms with E-state index >= 15 is 8.78 Å². The van der Waals surface area contributed by atoms with Crippen molar-refractivity contribution in [1.82, 2.24) is 0 Å². The lowest BCUT2D eigenvalue weighted by Crippen LogP contribution is -2.15. The number of hydrogen-bond donors (Lipinski definition) is 1. The zero-order chi connectivity index (χ0) is 28.7. The number of benzene rings is 3. The van der Waals surface area contributed by atoms with Gasteiger partial charge in [-0.15, -0.1) is 0 Å². The van der Waals surface area contributed by atoms with Gasteiger partial charge in [-0.3, -0.25) is 4.79 Å². The van der Waals surface area contributed by atoms with E-state index in [2.05, 4.69) is 26.8 Å². The van der Waals surface area contributed by atoms with Crippen LogP contribution in [0.5, 0.6) is 11.5 Å². The number of hydrogen-bond acceptors (Lipinski definition) is 3. The second-order valence-electron chi connectivity index (χ2n) is 12.0. The number of carboxylic acids is 1. The third kappa shape index (κ3) is 5.63. The van der Waals surface area contributed by atoms with Crippen LogP contribution in [0.15, 0.2) is 60.7 Å². The van der Waals surface area contributed by atoms with Gasteiger partial charge in [0.15, 0.2) is 0 Å². The summed E-state index contributed by atoms with van der Waals surface area (Å²) in [5, 5.41) is 9.48. The van der Waals surface area contributed by atoms with Crippen LogP contribution in [0.3, 0.4) is 0 Å². The molecule has 4 nitrogen and oxygen atoms in total. The number of allylic oxidation sites excluding steroid dienone is 2. The normalized spacial score (nSPS) is 17.7. The Balaban J connectivity index is 1.49. The van der Waals surface area contributed by atoms with E-state index in [1.807, 2.05) is 18.2 Å². The van der Waals surface area contributed by atoms with E-state index in [1.54, 1.807) is 24.3 Å². The molecule has 0 radical (unpaired) electrons. The number of rotatable bonds is 10. The van der Waals surface area contributed by atoms with Crippen LogP contribution in [0.1, 0.15) is 75.5 Å². The Morgan fingerprint density at radius 1 is 0.925 bits per heavy atom. The van der Waals surface area contributed by atoms with Crippen molar-refractivity contribution in [2.45, 2.75) is 65.4 Å². The first-order valence-corrected chi connectivity index (χ1v) is 13.8. The first-order valence-electron chi connectivity index (χ1n) is 13.8. The highest BCUT2D eigenvalue weighted by Gasteiger charge is 2.46. The van der Waals surface area contributed by atoms with Gasteiger partial charge < -0.3 is 14.6 Å². The van der Waals surface area contributed by atoms with Crippen LogP contribution in [-0.4, -0.2) is 18.2 Å². The molecule has 1 fully saturated rings. The average molecular weight is 547 g/mol. The van der Waals surface area contributed by atoms with Gasteiger partial charge in [0.1, 0.15) is 29.7 Å². The van der Waals surface area contributed by atoms with Gasteiger partial charge in [-0.25, -0.2) is 8.78 Å². The molecule has 40 heavy (non-hydrogen) atoms. The zero-order valence-electron chi connectivity index (χ0n) is 23.5. The highest BCUT2D eigenvalue weighted by molar-refractivity contribution is 5.85. The van der Waals surface area contributed by atoms with Crippen LogP contribution < -0.4 is 9.47 Å². The fourth-order valence-electron chi connectivity index (χ4n) is 5.94. The van der Waals surface area contributed by atoms with Crippen molar-refractivity contribution in [1.29, 1.82) is 0 Å².